The largest absolute Gasteiger partial charge is 0.465 e. The van der Waals surface area contributed by atoms with Crippen LogP contribution in [0.25, 0.3) is 0 Å². The van der Waals surface area contributed by atoms with E-state index in [4.69, 9.17) is 0 Å². The van der Waals surface area contributed by atoms with Gasteiger partial charge in [-0.15, -0.1) is 0 Å². The summed E-state index contributed by atoms with van der Waals surface area (Å²) in [5.41, 5.74) is 2.64. The first-order chi connectivity index (χ1) is 15.1. The molecule has 3 rings (SSSR count). The number of hydrogen-bond acceptors (Lipinski definition) is 2. The van der Waals surface area contributed by atoms with Crippen LogP contribution in [0.2, 0.25) is 0 Å². The quantitative estimate of drug-likeness (QED) is 0.572. The van der Waals surface area contributed by atoms with Crippen molar-refractivity contribution >= 4 is 12.0 Å². The average molecular weight is 423 g/mol. The number of nitrogens with one attached hydrogen (secondary N) is 1. The van der Waals surface area contributed by atoms with Crippen LogP contribution in [0.1, 0.15) is 49.7 Å². The highest BCUT2D eigenvalue weighted by molar-refractivity contribution is 5.80. The Hall–Kier alpha value is -2.82. The van der Waals surface area contributed by atoms with Gasteiger partial charge in [-0.3, -0.25) is 4.79 Å². The maximum absolute atomic E-state index is 12.9. The van der Waals surface area contributed by atoms with Gasteiger partial charge in [0.15, 0.2) is 0 Å². The lowest BCUT2D eigenvalue weighted by atomic mass is 9.95. The van der Waals surface area contributed by atoms with E-state index in [1.807, 2.05) is 12.1 Å². The Kier molecular flexibility index (Phi) is 8.95. The lowest BCUT2D eigenvalue weighted by Gasteiger charge is -2.31. The summed E-state index contributed by atoms with van der Waals surface area (Å²) >= 11 is 0. The molecule has 2 aromatic carbocycles. The standard InChI is InChI=1S/C26H34N2O3/c29-25(23-16-9-19-28(20-23)26(30)31)27-24(17-7-14-21-10-3-1-4-11-21)18-8-15-22-12-5-2-6-13-22/h1-6,10-13,23-24H,7-9,14-20H2,(H,27,29)(H,30,31). The normalized spacial score (nSPS) is 16.3. The molecule has 0 aromatic heterocycles. The van der Waals surface area contributed by atoms with E-state index >= 15 is 0 Å². The molecule has 1 unspecified atom stereocenters. The SMILES string of the molecule is O=C(NC(CCCc1ccccc1)CCCc1ccccc1)C1CCCN(C(=O)O)C1. The number of hydrogen-bond donors (Lipinski definition) is 2. The predicted molar refractivity (Wildman–Crippen MR) is 123 cm³/mol. The van der Waals surface area contributed by atoms with Crippen molar-refractivity contribution in [3.8, 4) is 0 Å². The number of likely N-dealkylation sites (tertiary alicyclic amines) is 1. The summed E-state index contributed by atoms with van der Waals surface area (Å²) in [6.45, 7) is 0.832. The second kappa shape index (κ2) is 12.1. The number of piperidine rings is 1. The molecule has 1 aliphatic rings. The molecule has 31 heavy (non-hydrogen) atoms. The van der Waals surface area contributed by atoms with E-state index in [-0.39, 0.29) is 17.9 Å². The second-order valence-corrected chi connectivity index (χ2v) is 8.53. The van der Waals surface area contributed by atoms with Gasteiger partial charge in [-0.05, 0) is 62.5 Å². The zero-order valence-corrected chi connectivity index (χ0v) is 18.2. The van der Waals surface area contributed by atoms with Crippen molar-refractivity contribution in [2.75, 3.05) is 13.1 Å². The highest BCUT2D eigenvalue weighted by Gasteiger charge is 2.29. The minimum absolute atomic E-state index is 0.00960. The second-order valence-electron chi connectivity index (χ2n) is 8.53. The van der Waals surface area contributed by atoms with Gasteiger partial charge in [-0.25, -0.2) is 4.79 Å². The van der Waals surface area contributed by atoms with Gasteiger partial charge in [0.2, 0.25) is 5.91 Å². The van der Waals surface area contributed by atoms with Crippen molar-refractivity contribution < 1.29 is 14.7 Å². The van der Waals surface area contributed by atoms with Gasteiger partial charge in [-0.1, -0.05) is 60.7 Å². The molecule has 5 heteroatoms. The molecule has 0 radical (unpaired) electrons. The Bertz CT molecular complexity index is 764. The van der Waals surface area contributed by atoms with Crippen molar-refractivity contribution in [1.29, 1.82) is 0 Å². The lowest BCUT2D eigenvalue weighted by molar-refractivity contribution is -0.127. The number of rotatable bonds is 10. The fraction of sp³-hybridized carbons (Fsp3) is 0.462. The molecule has 0 aliphatic carbocycles. The first-order valence-corrected chi connectivity index (χ1v) is 11.5. The Morgan fingerprint density at radius 2 is 1.48 bits per heavy atom. The zero-order valence-electron chi connectivity index (χ0n) is 18.2. The van der Waals surface area contributed by atoms with Gasteiger partial charge in [0, 0.05) is 19.1 Å². The molecule has 1 aliphatic heterocycles. The highest BCUT2D eigenvalue weighted by Crippen LogP contribution is 2.19. The number of carbonyl (C=O) groups excluding carboxylic acids is 1. The van der Waals surface area contributed by atoms with E-state index in [1.165, 1.54) is 16.0 Å². The fourth-order valence-corrected chi connectivity index (χ4v) is 4.37. The van der Waals surface area contributed by atoms with Crippen molar-refractivity contribution in [3.05, 3.63) is 71.8 Å². The Balaban J connectivity index is 1.53. The maximum Gasteiger partial charge on any atom is 0.407 e. The number of nitrogens with zero attached hydrogens (tertiary/aromatic N) is 1. The molecule has 166 valence electrons. The van der Waals surface area contributed by atoms with Crippen LogP contribution >= 0.6 is 0 Å². The summed E-state index contributed by atoms with van der Waals surface area (Å²) in [5, 5.41) is 12.5. The van der Waals surface area contributed by atoms with E-state index < -0.39 is 6.09 Å². The van der Waals surface area contributed by atoms with Gasteiger partial charge in [0.25, 0.3) is 0 Å². The third-order valence-electron chi connectivity index (χ3n) is 6.13. The number of amides is 2. The van der Waals surface area contributed by atoms with Crippen molar-refractivity contribution in [3.63, 3.8) is 0 Å². The Labute approximate surface area is 185 Å². The summed E-state index contributed by atoms with van der Waals surface area (Å²) in [6, 6.07) is 21.0. The van der Waals surface area contributed by atoms with Crippen molar-refractivity contribution in [2.45, 2.75) is 57.4 Å². The topological polar surface area (TPSA) is 69.6 Å². The van der Waals surface area contributed by atoms with Crippen LogP contribution in [0, 0.1) is 5.92 Å². The molecule has 0 bridgehead atoms. The minimum Gasteiger partial charge on any atom is -0.465 e. The van der Waals surface area contributed by atoms with Crippen molar-refractivity contribution in [2.24, 2.45) is 5.92 Å². The molecular weight excluding hydrogens is 388 g/mol. The highest BCUT2D eigenvalue weighted by atomic mass is 16.4. The molecular formula is C26H34N2O3. The molecule has 0 spiro atoms. The summed E-state index contributed by atoms with van der Waals surface area (Å²) in [4.78, 5) is 25.6. The summed E-state index contributed by atoms with van der Waals surface area (Å²) < 4.78 is 0. The lowest BCUT2D eigenvalue weighted by Crippen LogP contribution is -2.47. The third-order valence-corrected chi connectivity index (χ3v) is 6.13. The summed E-state index contributed by atoms with van der Waals surface area (Å²) in [7, 11) is 0. The van der Waals surface area contributed by atoms with Crippen molar-refractivity contribution in [1.82, 2.24) is 10.2 Å². The Morgan fingerprint density at radius 1 is 0.935 bits per heavy atom. The summed E-state index contributed by atoms with van der Waals surface area (Å²) in [6.07, 6.45) is 6.49. The number of carboxylic acid groups (broad SMARTS) is 1. The van der Waals surface area contributed by atoms with Crippen LogP contribution in [0.3, 0.4) is 0 Å². The van der Waals surface area contributed by atoms with Gasteiger partial charge in [-0.2, -0.15) is 0 Å². The number of carbonyl (C=O) groups is 2. The van der Waals surface area contributed by atoms with Crippen LogP contribution < -0.4 is 5.32 Å². The molecule has 1 heterocycles. The molecule has 1 fully saturated rings. The van der Waals surface area contributed by atoms with E-state index in [0.717, 1.165) is 51.4 Å². The molecule has 2 aromatic rings. The maximum atomic E-state index is 12.9. The van der Waals surface area contributed by atoms with Crippen LogP contribution in [0.15, 0.2) is 60.7 Å². The predicted octanol–water partition coefficient (Wildman–Crippen LogP) is 4.91. The molecule has 2 amide bonds. The van der Waals surface area contributed by atoms with Gasteiger partial charge >= 0.3 is 6.09 Å². The minimum atomic E-state index is -0.931. The third kappa shape index (κ3) is 7.74. The smallest absolute Gasteiger partial charge is 0.407 e. The number of benzene rings is 2. The molecule has 1 atom stereocenters. The number of aryl methyl sites for hydroxylation is 2. The van der Waals surface area contributed by atoms with E-state index in [2.05, 4.69) is 53.8 Å². The fourth-order valence-electron chi connectivity index (χ4n) is 4.37. The van der Waals surface area contributed by atoms with Gasteiger partial charge in [0.05, 0.1) is 5.92 Å². The van der Waals surface area contributed by atoms with Crippen LogP contribution in [-0.2, 0) is 17.6 Å². The zero-order chi connectivity index (χ0) is 21.9. The van der Waals surface area contributed by atoms with E-state index in [1.54, 1.807) is 0 Å². The first-order valence-electron chi connectivity index (χ1n) is 11.5. The monoisotopic (exact) mass is 422 g/mol. The molecule has 5 nitrogen and oxygen atoms in total. The van der Waals surface area contributed by atoms with Gasteiger partial charge in [0.1, 0.15) is 0 Å². The van der Waals surface area contributed by atoms with Crippen LogP contribution in [0.5, 0.6) is 0 Å². The molecule has 1 saturated heterocycles. The van der Waals surface area contributed by atoms with E-state index in [0.29, 0.717) is 13.1 Å². The van der Waals surface area contributed by atoms with E-state index in [9.17, 15) is 14.7 Å². The average Bonchev–Trinajstić information content (AvgIpc) is 2.80. The van der Waals surface area contributed by atoms with Crippen LogP contribution in [-0.4, -0.2) is 41.1 Å². The summed E-state index contributed by atoms with van der Waals surface area (Å²) in [5.74, 6) is -0.231. The first kappa shape index (κ1) is 22.9. The van der Waals surface area contributed by atoms with Crippen LogP contribution in [0.4, 0.5) is 4.79 Å². The molecule has 2 N–H and O–H groups in total. The Morgan fingerprint density at radius 3 is 2.00 bits per heavy atom. The van der Waals surface area contributed by atoms with Gasteiger partial charge < -0.3 is 15.3 Å². The molecule has 0 saturated carbocycles.